The fourth-order valence-corrected chi connectivity index (χ4v) is 16.7. The average Bonchev–Trinajstić information content (AvgIpc) is 1.53. The minimum Gasteiger partial charge on any atom is -0.791 e. The number of nitrogens with two attached hydrogens (primary N) is 7. The van der Waals surface area contributed by atoms with Gasteiger partial charge in [0.15, 0.2) is 6.23 Å². The van der Waals surface area contributed by atoms with Crippen LogP contribution < -0.4 is 50.3 Å². The summed E-state index contributed by atoms with van der Waals surface area (Å²) >= 11 is 4.35. The van der Waals surface area contributed by atoms with E-state index in [1.54, 1.807) is 6.92 Å². The van der Waals surface area contributed by atoms with E-state index < -0.39 is 155 Å². The van der Waals surface area contributed by atoms with Gasteiger partial charge >= 0.3 is 22.7 Å². The Hall–Kier alpha value is -6.71. The summed E-state index contributed by atoms with van der Waals surface area (Å²) in [6.07, 6.45) is -4.79. The van der Waals surface area contributed by atoms with Gasteiger partial charge in [0.2, 0.25) is 41.4 Å². The Morgan fingerprint density at radius 2 is 1.39 bits per heavy atom. The maximum atomic E-state index is 14.4. The number of aliphatic hydroxyl groups excluding tert-OH is 2. The largest absolute Gasteiger partial charge is 3.00 e. The molecule has 0 aliphatic carbocycles. The number of phosphoric acid groups is 1. The normalized spacial score (nSPS) is 32.4. The smallest absolute Gasteiger partial charge is 0.791 e. The quantitative estimate of drug-likeness (QED) is 0.0430. The zero-order valence-corrected chi connectivity index (χ0v) is 59.9. The van der Waals surface area contributed by atoms with E-state index >= 15 is 0 Å². The summed E-state index contributed by atoms with van der Waals surface area (Å²) in [5.41, 5.74) is 41.6. The van der Waals surface area contributed by atoms with E-state index in [-0.39, 0.29) is 99.7 Å². The second-order valence-corrected chi connectivity index (χ2v) is 29.8. The van der Waals surface area contributed by atoms with Crippen LogP contribution in [-0.4, -0.2) is 150 Å². The van der Waals surface area contributed by atoms with Gasteiger partial charge in [0.25, 0.3) is 7.82 Å². The van der Waals surface area contributed by atoms with E-state index in [4.69, 9.17) is 79.3 Å². The number of aryl methyl sites for hydroxylation is 2. The number of rotatable bonds is 28. The predicted molar refractivity (Wildman–Crippen MR) is 359 cm³/mol. The number of aliphatic carboxylic acids is 1. The number of benzene rings is 1. The van der Waals surface area contributed by atoms with Crippen LogP contribution in [0.15, 0.2) is 67.8 Å². The summed E-state index contributed by atoms with van der Waals surface area (Å²) in [5, 5.41) is 38.1. The Labute approximate surface area is 585 Å². The molecule has 540 valence electrons. The van der Waals surface area contributed by atoms with Crippen LogP contribution in [-0.2, 0) is 86.1 Å². The van der Waals surface area contributed by atoms with Crippen molar-refractivity contribution in [1.82, 2.24) is 14.9 Å². The molecule has 6 aliphatic heterocycles. The van der Waals surface area contributed by atoms with E-state index in [2.05, 4.69) is 22.9 Å². The Morgan fingerprint density at radius 1 is 0.806 bits per heavy atom. The molecule has 2 fully saturated rings. The molecular formula is C65H94CoN14O16PS. The van der Waals surface area contributed by atoms with Crippen LogP contribution in [0, 0.1) is 59.2 Å². The first-order valence-electron chi connectivity index (χ1n) is 32.2. The Morgan fingerprint density at radius 3 is 1.93 bits per heavy atom. The number of ether oxygens (including phenoxy) is 1. The Kier molecular flexibility index (Phi) is 25.4. The van der Waals surface area contributed by atoms with Crippen LogP contribution >= 0.6 is 7.82 Å². The van der Waals surface area contributed by atoms with Crippen LogP contribution in [0.3, 0.4) is 0 Å². The molecular weight excluding hydrogens is 1350 g/mol. The van der Waals surface area contributed by atoms with Gasteiger partial charge in [-0.2, -0.15) is 11.4 Å². The van der Waals surface area contributed by atoms with Gasteiger partial charge in [-0.05, 0) is 119 Å². The zero-order chi connectivity index (χ0) is 72.6. The number of hydrogen-bond acceptors (Lipinski definition) is 21. The molecule has 30 nitrogen and oxygen atoms in total. The van der Waals surface area contributed by atoms with Crippen LogP contribution in [0.2, 0.25) is 0 Å². The van der Waals surface area contributed by atoms with Crippen LogP contribution in [0.4, 0.5) is 0 Å². The summed E-state index contributed by atoms with van der Waals surface area (Å²) in [4.78, 5) is 138. The van der Waals surface area contributed by atoms with Crippen molar-refractivity contribution in [3.63, 3.8) is 0 Å². The van der Waals surface area contributed by atoms with Crippen molar-refractivity contribution in [3.8, 4) is 0 Å². The van der Waals surface area contributed by atoms with Gasteiger partial charge in [0.05, 0.1) is 47.3 Å². The summed E-state index contributed by atoms with van der Waals surface area (Å²) in [6, 6.07) is 1.79. The molecule has 2 saturated heterocycles. The molecule has 6 aliphatic rings. The molecule has 1 aromatic carbocycles. The number of allylic oxidation sites excluding steroid dienone is 6. The summed E-state index contributed by atoms with van der Waals surface area (Å²) in [5.74, 6) is -8.36. The van der Waals surface area contributed by atoms with Gasteiger partial charge in [0.1, 0.15) is 18.3 Å². The number of primary amides is 6. The van der Waals surface area contributed by atoms with E-state index in [9.17, 15) is 58.0 Å². The molecule has 98 heavy (non-hydrogen) atoms. The van der Waals surface area contributed by atoms with Gasteiger partial charge < -0.3 is 102 Å². The number of carboxylic acids is 1. The first-order valence-corrected chi connectivity index (χ1v) is 34.3. The van der Waals surface area contributed by atoms with Gasteiger partial charge in [-0.3, -0.25) is 57.9 Å². The van der Waals surface area contributed by atoms with Crippen LogP contribution in [0.25, 0.3) is 16.4 Å². The molecule has 16 unspecified atom stereocenters. The predicted octanol–water partition coefficient (Wildman–Crippen LogP) is 2.26. The molecule has 2 aromatic rings. The van der Waals surface area contributed by atoms with E-state index in [0.717, 1.165) is 11.1 Å². The summed E-state index contributed by atoms with van der Waals surface area (Å²) in [7, 11) is -5.32. The monoisotopic (exact) mass is 1450 g/mol. The third-order valence-corrected chi connectivity index (χ3v) is 22.5. The van der Waals surface area contributed by atoms with Crippen molar-refractivity contribution < 1.29 is 93.7 Å². The molecule has 0 spiro atoms. The topological polar surface area (TPSA) is 528 Å². The number of nitrogens with one attached hydrogen (secondary N) is 1. The van der Waals surface area contributed by atoms with Crippen molar-refractivity contribution >= 4 is 95.9 Å². The van der Waals surface area contributed by atoms with Gasteiger partial charge in [-0.25, -0.2) is 4.98 Å². The minimum atomic E-state index is -5.32. The van der Waals surface area contributed by atoms with Crippen molar-refractivity contribution in [3.05, 3.63) is 69.2 Å². The first-order chi connectivity index (χ1) is 45.0. The third kappa shape index (κ3) is 16.4. The summed E-state index contributed by atoms with van der Waals surface area (Å²) < 4.78 is 31.9. The molecule has 1 aromatic heterocycles. The number of aromatic nitrogens is 2. The number of imidazole rings is 1. The number of aliphatic imine (C=N–C) groups is 3. The number of phosphoric ester groups is 1. The third-order valence-electron chi connectivity index (χ3n) is 21.0. The maximum absolute atomic E-state index is 14.4. The van der Waals surface area contributed by atoms with Crippen molar-refractivity contribution in [2.24, 2.45) is 100 Å². The number of carbonyl (C=O) groups is 8. The first kappa shape index (κ1) is 80.3. The fraction of sp³-hybridized carbons (Fsp3) is 0.631. The number of carboxylic acid groups (broad SMARTS) is 1. The molecule has 7 heterocycles. The molecule has 8 rings (SSSR count). The molecule has 0 saturated carbocycles. The van der Waals surface area contributed by atoms with Crippen molar-refractivity contribution in [1.29, 1.82) is 0 Å². The average molecular weight is 1450 g/mol. The molecule has 8 bridgehead atoms. The Bertz CT molecular complexity index is 3740. The number of fused-ring (bicyclic) bond motifs is 7. The molecule has 18 N–H and O–H groups in total. The van der Waals surface area contributed by atoms with E-state index in [1.165, 1.54) is 17.8 Å². The van der Waals surface area contributed by atoms with Crippen molar-refractivity contribution in [2.45, 2.75) is 195 Å². The second kappa shape index (κ2) is 31.0. The standard InChI is InChI=1S/C62H90N13O14P.C3H7NO2S.Co/c1-29-20-39-40(21-30(29)2)75(28-70-39)57-52(84)53(41(27-76)87-57)89-90(85,86)88-31(3)26-69-49(83)18-19-59(8)37(22-46(66)80)56-62(11)61(10,25-48(68)82)36(14-17-45(65)79)51(74-62)33(5)55-60(9,24-47(67)81)34(12-15-43(63)77)38(71-55)23-42-58(6,7)35(13-16-44(64)78)50(72-42)32(4)54(59)73-56;4-2(1-7)3(5)6;/h20-21,23,28,31,34-37,41,52-53,56-57,76,84H,12-19,22,24-27H2,1-11H3,(H15,63,64,65,66,67,68,69,71,72,73,74,77,78,79,80,81,82,83,85,86);2,7H,1,4H2,(H,5,6);/q;;+3/p-3. The minimum absolute atomic E-state index is 0. The van der Waals surface area contributed by atoms with Crippen LogP contribution in [0.1, 0.15) is 150 Å². The van der Waals surface area contributed by atoms with Gasteiger partial charge in [-0.1, -0.05) is 40.7 Å². The number of carbonyl (C=O) groups excluding carboxylic acids is 7. The van der Waals surface area contributed by atoms with Crippen molar-refractivity contribution in [2.75, 3.05) is 18.9 Å². The SMILES string of the molecule is C/C1=C2N=C(/C=C3N=C(/C(C)=C4\[N-]C(C(CC(N)=O)C4(C)CCC(=O)NCC(C)OP(=O)([O-])OC4C(CO)OC(n5cnc6cc(C)c(C)cc65)C4O)C4(C)N=C1C(CCC(N)=O)C4(C)CC(N)=O)C(CCC(N)=O)C\3(C)C)C(CCC(N)=O)C/2(C)CC(N)=O.NC(C[S-])C(=O)O.[Co+3]. The molecule has 0 radical (unpaired) electrons. The molecule has 7 amide bonds. The summed E-state index contributed by atoms with van der Waals surface area (Å²) in [6.45, 7) is 19.0. The molecule has 33 heteroatoms. The maximum Gasteiger partial charge on any atom is 3.00 e. The van der Waals surface area contributed by atoms with E-state index in [1.807, 2.05) is 80.5 Å². The number of hydrogen-bond donors (Lipinski definition) is 11. The Balaban J connectivity index is 0.00000179. The van der Waals surface area contributed by atoms with Gasteiger partial charge in [0, 0.05) is 108 Å². The molecule has 16 atom stereocenters. The zero-order valence-electron chi connectivity index (χ0n) is 57.1. The fourth-order valence-electron chi connectivity index (χ4n) is 15.4. The number of amides is 7. The number of nitrogens with zero attached hydrogens (tertiary/aromatic N) is 6. The second-order valence-electron chi connectivity index (χ2n) is 28.1. The van der Waals surface area contributed by atoms with Crippen LogP contribution in [0.5, 0.6) is 0 Å². The number of aliphatic hydroxyl groups is 2. The van der Waals surface area contributed by atoms with Gasteiger partial charge in [-0.15, -0.1) is 0 Å². The van der Waals surface area contributed by atoms with E-state index in [0.29, 0.717) is 56.4 Å².